The third kappa shape index (κ3) is 4.16. The van der Waals surface area contributed by atoms with Gasteiger partial charge in [-0.3, -0.25) is 9.59 Å². The van der Waals surface area contributed by atoms with Crippen molar-refractivity contribution in [1.29, 1.82) is 0 Å². The third-order valence-electron chi connectivity index (χ3n) is 6.87. The van der Waals surface area contributed by atoms with Crippen LogP contribution in [0.1, 0.15) is 27.3 Å². The number of carbonyl (C=O) groups excluding carboxylic acids is 2. The molecule has 2 aromatic heterocycles. The normalized spacial score (nSPS) is 18.1. The van der Waals surface area contributed by atoms with Crippen molar-refractivity contribution in [3.05, 3.63) is 82.4 Å². The summed E-state index contributed by atoms with van der Waals surface area (Å²) in [4.78, 5) is 33.2. The molecule has 2 aliphatic rings. The van der Waals surface area contributed by atoms with Crippen LogP contribution < -0.4 is 5.32 Å². The van der Waals surface area contributed by atoms with Gasteiger partial charge in [-0.1, -0.05) is 0 Å². The quantitative estimate of drug-likeness (QED) is 0.447. The predicted octanol–water partition coefficient (Wildman–Crippen LogP) is 3.69. The average molecular weight is 508 g/mol. The first-order chi connectivity index (χ1) is 17.5. The van der Waals surface area contributed by atoms with E-state index in [4.69, 9.17) is 0 Å². The SMILES string of the molecule is O=C(c1ccc2c(c1)c(F)cn2-c1ccc(F)cc1)N1CC(NC2CCN(C(=O)c3cscn3)C2)C1. The van der Waals surface area contributed by atoms with E-state index in [1.807, 2.05) is 4.90 Å². The number of thiazole rings is 1. The van der Waals surface area contributed by atoms with Gasteiger partial charge >= 0.3 is 0 Å². The number of aromatic nitrogens is 2. The van der Waals surface area contributed by atoms with Gasteiger partial charge in [0.25, 0.3) is 11.8 Å². The molecule has 6 rings (SSSR count). The highest BCUT2D eigenvalue weighted by Gasteiger charge is 2.35. The monoisotopic (exact) mass is 507 g/mol. The average Bonchev–Trinajstić information content (AvgIpc) is 3.62. The summed E-state index contributed by atoms with van der Waals surface area (Å²) >= 11 is 1.41. The number of likely N-dealkylation sites (tertiary alicyclic amines) is 2. The molecule has 2 fully saturated rings. The summed E-state index contributed by atoms with van der Waals surface area (Å²) < 4.78 is 29.6. The first-order valence-corrected chi connectivity index (χ1v) is 12.7. The molecular formula is C26H23F2N5O2S. The van der Waals surface area contributed by atoms with Crippen LogP contribution in [-0.4, -0.2) is 69.4 Å². The van der Waals surface area contributed by atoms with E-state index in [-0.39, 0.29) is 29.7 Å². The smallest absolute Gasteiger partial charge is 0.273 e. The fourth-order valence-electron chi connectivity index (χ4n) is 4.96. The maximum absolute atomic E-state index is 14.7. The summed E-state index contributed by atoms with van der Waals surface area (Å²) in [6.07, 6.45) is 2.21. The van der Waals surface area contributed by atoms with Crippen LogP contribution in [0, 0.1) is 11.6 Å². The minimum atomic E-state index is -0.440. The van der Waals surface area contributed by atoms with Gasteiger partial charge in [-0.05, 0) is 48.9 Å². The summed E-state index contributed by atoms with van der Waals surface area (Å²) in [6, 6.07) is 11.2. The maximum atomic E-state index is 14.7. The summed E-state index contributed by atoms with van der Waals surface area (Å²) in [5, 5.41) is 5.66. The lowest BCUT2D eigenvalue weighted by atomic mass is 10.0. The van der Waals surface area contributed by atoms with Crippen molar-refractivity contribution in [2.75, 3.05) is 26.2 Å². The molecule has 2 saturated heterocycles. The Balaban J connectivity index is 1.07. The zero-order valence-corrected chi connectivity index (χ0v) is 20.0. The summed E-state index contributed by atoms with van der Waals surface area (Å²) in [7, 11) is 0. The molecule has 2 aliphatic heterocycles. The highest BCUT2D eigenvalue weighted by atomic mass is 32.1. The molecule has 10 heteroatoms. The summed E-state index contributed by atoms with van der Waals surface area (Å²) in [6.45, 7) is 2.44. The van der Waals surface area contributed by atoms with E-state index >= 15 is 0 Å². The number of hydrogen-bond acceptors (Lipinski definition) is 5. The van der Waals surface area contributed by atoms with Crippen LogP contribution in [-0.2, 0) is 0 Å². The lowest BCUT2D eigenvalue weighted by Crippen LogP contribution is -2.62. The fraction of sp³-hybridized carbons (Fsp3) is 0.269. The Bertz CT molecular complexity index is 1430. The van der Waals surface area contributed by atoms with Crippen LogP contribution in [0.4, 0.5) is 8.78 Å². The van der Waals surface area contributed by atoms with Gasteiger partial charge in [0.1, 0.15) is 17.3 Å². The van der Waals surface area contributed by atoms with Gasteiger partial charge in [-0.2, -0.15) is 0 Å². The lowest BCUT2D eigenvalue weighted by Gasteiger charge is -2.41. The maximum Gasteiger partial charge on any atom is 0.273 e. The highest BCUT2D eigenvalue weighted by Crippen LogP contribution is 2.27. The Labute approximate surface area is 210 Å². The molecule has 2 amide bonds. The van der Waals surface area contributed by atoms with Crippen LogP contribution >= 0.6 is 11.3 Å². The number of carbonyl (C=O) groups is 2. The topological polar surface area (TPSA) is 70.5 Å². The molecule has 0 bridgehead atoms. The van der Waals surface area contributed by atoms with Crippen molar-refractivity contribution >= 4 is 34.1 Å². The Morgan fingerprint density at radius 3 is 2.50 bits per heavy atom. The standard InChI is InChI=1S/C26H23F2N5O2S/c27-17-2-4-20(5-3-17)33-13-22(28)21-9-16(1-6-24(21)33)25(34)32-11-19(12-32)30-18-7-8-31(10-18)26(35)23-14-36-15-29-23/h1-6,9,13-15,18-19,30H,7-8,10-12H2. The number of hydrogen-bond donors (Lipinski definition) is 1. The van der Waals surface area contributed by atoms with E-state index in [0.717, 1.165) is 6.42 Å². The van der Waals surface area contributed by atoms with E-state index in [0.29, 0.717) is 54.0 Å². The van der Waals surface area contributed by atoms with Gasteiger partial charge in [0.2, 0.25) is 0 Å². The van der Waals surface area contributed by atoms with Crippen molar-refractivity contribution in [1.82, 2.24) is 24.7 Å². The van der Waals surface area contributed by atoms with E-state index in [2.05, 4.69) is 10.3 Å². The molecule has 1 unspecified atom stereocenters. The van der Waals surface area contributed by atoms with Crippen LogP contribution in [0.5, 0.6) is 0 Å². The lowest BCUT2D eigenvalue weighted by molar-refractivity contribution is 0.0553. The van der Waals surface area contributed by atoms with E-state index < -0.39 is 5.82 Å². The number of fused-ring (bicyclic) bond motifs is 1. The van der Waals surface area contributed by atoms with Gasteiger partial charge in [-0.25, -0.2) is 13.8 Å². The largest absolute Gasteiger partial charge is 0.336 e. The number of nitrogens with zero attached hydrogens (tertiary/aromatic N) is 4. The minimum Gasteiger partial charge on any atom is -0.336 e. The Morgan fingerprint density at radius 1 is 0.972 bits per heavy atom. The summed E-state index contributed by atoms with van der Waals surface area (Å²) in [5.74, 6) is -0.983. The van der Waals surface area contributed by atoms with Gasteiger partial charge in [0.15, 0.2) is 0 Å². The van der Waals surface area contributed by atoms with Crippen LogP contribution in [0.25, 0.3) is 16.6 Å². The van der Waals surface area contributed by atoms with Crippen LogP contribution in [0.15, 0.2) is 59.6 Å². The van der Waals surface area contributed by atoms with Crippen molar-refractivity contribution < 1.29 is 18.4 Å². The fourth-order valence-corrected chi connectivity index (χ4v) is 5.49. The van der Waals surface area contributed by atoms with E-state index in [1.54, 1.807) is 50.7 Å². The third-order valence-corrected chi connectivity index (χ3v) is 7.46. The Kier molecular flexibility index (Phi) is 5.77. The number of rotatable bonds is 5. The zero-order valence-electron chi connectivity index (χ0n) is 19.2. The van der Waals surface area contributed by atoms with Gasteiger partial charge in [0.05, 0.1) is 11.0 Å². The number of amides is 2. The van der Waals surface area contributed by atoms with Crippen LogP contribution in [0.3, 0.4) is 0 Å². The molecule has 1 N–H and O–H groups in total. The highest BCUT2D eigenvalue weighted by molar-refractivity contribution is 7.07. The molecule has 4 heterocycles. The Hall–Kier alpha value is -3.63. The number of benzene rings is 2. The minimum absolute atomic E-state index is 0.0400. The molecule has 0 radical (unpaired) electrons. The van der Waals surface area contributed by atoms with Crippen molar-refractivity contribution in [3.8, 4) is 5.69 Å². The summed E-state index contributed by atoms with van der Waals surface area (Å²) in [5.41, 5.74) is 3.82. The molecule has 2 aromatic carbocycles. The van der Waals surface area contributed by atoms with Gasteiger partial charge in [-0.15, -0.1) is 11.3 Å². The van der Waals surface area contributed by atoms with Gasteiger partial charge < -0.3 is 19.7 Å². The molecule has 184 valence electrons. The van der Waals surface area contributed by atoms with Crippen molar-refractivity contribution in [3.63, 3.8) is 0 Å². The molecule has 7 nitrogen and oxygen atoms in total. The molecule has 0 aliphatic carbocycles. The molecule has 1 atom stereocenters. The number of nitrogens with one attached hydrogen (secondary N) is 1. The first-order valence-electron chi connectivity index (χ1n) is 11.8. The zero-order chi connectivity index (χ0) is 24.8. The second-order valence-corrected chi connectivity index (χ2v) is 9.96. The Morgan fingerprint density at radius 2 is 1.75 bits per heavy atom. The van der Waals surface area contributed by atoms with Crippen LogP contribution in [0.2, 0.25) is 0 Å². The molecule has 36 heavy (non-hydrogen) atoms. The van der Waals surface area contributed by atoms with Crippen molar-refractivity contribution in [2.45, 2.75) is 18.5 Å². The molecule has 4 aromatic rings. The molecular weight excluding hydrogens is 484 g/mol. The van der Waals surface area contributed by atoms with E-state index in [9.17, 15) is 18.4 Å². The number of halogens is 2. The van der Waals surface area contributed by atoms with Crippen molar-refractivity contribution in [2.24, 2.45) is 0 Å². The molecule has 0 spiro atoms. The second-order valence-electron chi connectivity index (χ2n) is 9.24. The first kappa shape index (κ1) is 22.8. The van der Waals surface area contributed by atoms with Gasteiger partial charge in [0, 0.05) is 66.5 Å². The second kappa shape index (κ2) is 9.11. The molecule has 0 saturated carbocycles. The van der Waals surface area contributed by atoms with E-state index in [1.165, 1.54) is 29.7 Å². The predicted molar refractivity (Wildman–Crippen MR) is 132 cm³/mol.